The molecule has 1 aromatic rings. The molecule has 0 aromatic heterocycles. The van der Waals surface area contributed by atoms with E-state index in [-0.39, 0.29) is 12.5 Å². The van der Waals surface area contributed by atoms with Gasteiger partial charge in [0.2, 0.25) is 0 Å². The van der Waals surface area contributed by atoms with Gasteiger partial charge in [-0.3, -0.25) is 4.79 Å². The quantitative estimate of drug-likeness (QED) is 0.879. The molecule has 2 N–H and O–H groups in total. The van der Waals surface area contributed by atoms with Gasteiger partial charge in [-0.25, -0.2) is 0 Å². The molecule has 0 aliphatic carbocycles. The van der Waals surface area contributed by atoms with E-state index in [0.717, 1.165) is 5.56 Å². The third kappa shape index (κ3) is 4.39. The molecule has 0 spiro atoms. The van der Waals surface area contributed by atoms with Crippen molar-refractivity contribution in [3.8, 4) is 5.75 Å². The molecule has 0 aliphatic rings. The van der Waals surface area contributed by atoms with Gasteiger partial charge < -0.3 is 15.2 Å². The molecule has 112 valence electrons. The number of carbonyl (C=O) groups excluding carboxylic acids is 1. The summed E-state index contributed by atoms with van der Waals surface area (Å²) < 4.78 is 5.41. The van der Waals surface area contributed by atoms with Crippen molar-refractivity contribution in [1.82, 2.24) is 5.32 Å². The molecule has 0 unspecified atom stereocenters. The summed E-state index contributed by atoms with van der Waals surface area (Å²) in [5, 5.41) is 13.4. The molecule has 20 heavy (non-hydrogen) atoms. The number of hydrogen-bond donors (Lipinski definition) is 2. The summed E-state index contributed by atoms with van der Waals surface area (Å²) in [5.41, 5.74) is -0.885. The monoisotopic (exact) mass is 299 g/mol. The van der Waals surface area contributed by atoms with Crippen molar-refractivity contribution < 1.29 is 14.6 Å². The van der Waals surface area contributed by atoms with Crippen LogP contribution in [0.1, 0.15) is 33.3 Å². The van der Waals surface area contributed by atoms with Crippen molar-refractivity contribution in [1.29, 1.82) is 0 Å². The van der Waals surface area contributed by atoms with Crippen molar-refractivity contribution in [2.75, 3.05) is 6.61 Å². The standard InChI is InChI=1S/C15H22ClNO3/c1-10-8-11(6-7-12(10)16)20-9-13(18)17-14(2,3)15(4,5)19/h6-8,19H,9H2,1-5H3,(H,17,18). The van der Waals surface area contributed by atoms with E-state index in [4.69, 9.17) is 16.3 Å². The molecule has 0 radical (unpaired) electrons. The van der Waals surface area contributed by atoms with Crippen molar-refractivity contribution in [2.24, 2.45) is 0 Å². The summed E-state index contributed by atoms with van der Waals surface area (Å²) in [6, 6.07) is 5.21. The van der Waals surface area contributed by atoms with Gasteiger partial charge in [0, 0.05) is 5.02 Å². The zero-order chi connectivity index (χ0) is 15.6. The van der Waals surface area contributed by atoms with Crippen LogP contribution in [0.15, 0.2) is 18.2 Å². The third-order valence-electron chi connectivity index (χ3n) is 3.48. The molecule has 1 aromatic carbocycles. The second-order valence-electron chi connectivity index (χ2n) is 5.93. The van der Waals surface area contributed by atoms with Crippen LogP contribution in [0.3, 0.4) is 0 Å². The first-order chi connectivity index (χ1) is 9.03. The summed E-state index contributed by atoms with van der Waals surface area (Å²) in [6.45, 7) is 8.58. The van der Waals surface area contributed by atoms with Gasteiger partial charge in [0.25, 0.3) is 5.91 Å². The van der Waals surface area contributed by atoms with Crippen LogP contribution >= 0.6 is 11.6 Å². The van der Waals surface area contributed by atoms with Gasteiger partial charge >= 0.3 is 0 Å². The Bertz CT molecular complexity index is 492. The maximum atomic E-state index is 11.9. The Morgan fingerprint density at radius 3 is 2.45 bits per heavy atom. The number of ether oxygens (including phenoxy) is 1. The minimum absolute atomic E-state index is 0.111. The van der Waals surface area contributed by atoms with Gasteiger partial charge in [0.15, 0.2) is 6.61 Å². The fourth-order valence-electron chi connectivity index (χ4n) is 1.39. The Kier molecular flexibility index (Phi) is 5.05. The van der Waals surface area contributed by atoms with Gasteiger partial charge in [-0.2, -0.15) is 0 Å². The average Bonchev–Trinajstić information content (AvgIpc) is 2.28. The highest BCUT2D eigenvalue weighted by atomic mass is 35.5. The first-order valence-electron chi connectivity index (χ1n) is 6.45. The second kappa shape index (κ2) is 6.02. The fourth-order valence-corrected chi connectivity index (χ4v) is 1.51. The first kappa shape index (κ1) is 16.8. The van der Waals surface area contributed by atoms with Crippen molar-refractivity contribution in [3.05, 3.63) is 28.8 Å². The highest BCUT2D eigenvalue weighted by Gasteiger charge is 2.36. The van der Waals surface area contributed by atoms with Crippen LogP contribution in [0.25, 0.3) is 0 Å². The lowest BCUT2D eigenvalue weighted by Gasteiger charge is -2.37. The molecule has 4 nitrogen and oxygen atoms in total. The number of nitrogens with one attached hydrogen (secondary N) is 1. The van der Waals surface area contributed by atoms with Gasteiger partial charge in [-0.1, -0.05) is 11.6 Å². The SMILES string of the molecule is Cc1cc(OCC(=O)NC(C)(C)C(C)(C)O)ccc1Cl. The van der Waals surface area contributed by atoms with E-state index < -0.39 is 11.1 Å². The van der Waals surface area contributed by atoms with Crippen molar-refractivity contribution in [3.63, 3.8) is 0 Å². The molecule has 0 bridgehead atoms. The van der Waals surface area contributed by atoms with Gasteiger partial charge in [-0.15, -0.1) is 0 Å². The van der Waals surface area contributed by atoms with E-state index in [1.807, 2.05) is 6.92 Å². The van der Waals surface area contributed by atoms with Crippen LogP contribution in [-0.2, 0) is 4.79 Å². The lowest BCUT2D eigenvalue weighted by atomic mass is 9.86. The van der Waals surface area contributed by atoms with Gasteiger partial charge in [0.1, 0.15) is 5.75 Å². The summed E-state index contributed by atoms with van der Waals surface area (Å²) in [4.78, 5) is 11.9. The minimum atomic E-state index is -1.03. The Hall–Kier alpha value is -1.26. The number of amides is 1. The molecule has 1 amide bonds. The number of carbonyl (C=O) groups is 1. The Morgan fingerprint density at radius 1 is 1.35 bits per heavy atom. The maximum absolute atomic E-state index is 11.9. The Labute approximate surface area is 125 Å². The van der Waals surface area contributed by atoms with Gasteiger partial charge in [-0.05, 0) is 58.4 Å². The molecule has 1 rings (SSSR count). The topological polar surface area (TPSA) is 58.6 Å². The molecule has 0 saturated carbocycles. The third-order valence-corrected chi connectivity index (χ3v) is 3.90. The largest absolute Gasteiger partial charge is 0.484 e. The maximum Gasteiger partial charge on any atom is 0.258 e. The molecule has 0 aliphatic heterocycles. The van der Waals surface area contributed by atoms with E-state index in [9.17, 15) is 9.90 Å². The molecular weight excluding hydrogens is 278 g/mol. The molecule has 0 fully saturated rings. The van der Waals surface area contributed by atoms with Crippen LogP contribution in [0.2, 0.25) is 5.02 Å². The Morgan fingerprint density at radius 2 is 1.95 bits per heavy atom. The molecule has 0 heterocycles. The van der Waals surface area contributed by atoms with Crippen molar-refractivity contribution in [2.45, 2.75) is 45.8 Å². The van der Waals surface area contributed by atoms with E-state index in [1.165, 1.54) is 0 Å². The number of aryl methyl sites for hydroxylation is 1. The first-order valence-corrected chi connectivity index (χ1v) is 6.83. The van der Waals surface area contributed by atoms with Crippen LogP contribution in [0.5, 0.6) is 5.75 Å². The zero-order valence-electron chi connectivity index (χ0n) is 12.6. The number of aliphatic hydroxyl groups is 1. The smallest absolute Gasteiger partial charge is 0.258 e. The van der Waals surface area contributed by atoms with Crippen molar-refractivity contribution >= 4 is 17.5 Å². The normalized spacial score (nSPS) is 12.2. The van der Waals surface area contributed by atoms with Crippen LogP contribution in [-0.4, -0.2) is 28.8 Å². The number of halogens is 1. The highest BCUT2D eigenvalue weighted by Crippen LogP contribution is 2.22. The summed E-state index contributed by atoms with van der Waals surface area (Å²) in [5.74, 6) is 0.299. The summed E-state index contributed by atoms with van der Waals surface area (Å²) in [7, 11) is 0. The predicted molar refractivity (Wildman–Crippen MR) is 80.2 cm³/mol. The average molecular weight is 300 g/mol. The number of rotatable bonds is 5. The predicted octanol–water partition coefficient (Wildman–Crippen LogP) is 2.69. The van der Waals surface area contributed by atoms with E-state index in [1.54, 1.807) is 45.9 Å². The van der Waals surface area contributed by atoms with E-state index in [0.29, 0.717) is 10.8 Å². The van der Waals surface area contributed by atoms with E-state index in [2.05, 4.69) is 5.32 Å². The molecular formula is C15H22ClNO3. The van der Waals surface area contributed by atoms with E-state index >= 15 is 0 Å². The number of benzene rings is 1. The summed E-state index contributed by atoms with van der Waals surface area (Å²) in [6.07, 6.45) is 0. The molecule has 5 heteroatoms. The molecule has 0 saturated heterocycles. The minimum Gasteiger partial charge on any atom is -0.484 e. The lowest BCUT2D eigenvalue weighted by molar-refractivity contribution is -0.128. The summed E-state index contributed by atoms with van der Waals surface area (Å²) >= 11 is 5.92. The molecule has 0 atom stereocenters. The fraction of sp³-hybridized carbons (Fsp3) is 0.533. The second-order valence-corrected chi connectivity index (χ2v) is 6.34. The zero-order valence-corrected chi connectivity index (χ0v) is 13.3. The van der Waals surface area contributed by atoms with Crippen LogP contribution in [0.4, 0.5) is 0 Å². The van der Waals surface area contributed by atoms with Gasteiger partial charge in [0.05, 0.1) is 11.1 Å². The van der Waals surface area contributed by atoms with Crippen LogP contribution in [0, 0.1) is 6.92 Å². The number of hydrogen-bond acceptors (Lipinski definition) is 3. The highest BCUT2D eigenvalue weighted by molar-refractivity contribution is 6.31. The van der Waals surface area contributed by atoms with Crippen LogP contribution < -0.4 is 10.1 Å². The lowest BCUT2D eigenvalue weighted by Crippen LogP contribution is -2.58. The Balaban J connectivity index is 2.58.